The molecule has 4 rings (SSSR count). The van der Waals surface area contributed by atoms with Gasteiger partial charge in [0.1, 0.15) is 0 Å². The lowest BCUT2D eigenvalue weighted by atomic mass is 9.96. The fraction of sp³-hybridized carbons (Fsp3) is 0.0526. The summed E-state index contributed by atoms with van der Waals surface area (Å²) in [6.45, 7) is 2.17. The maximum atomic E-state index is 3.80. The third-order valence-electron chi connectivity index (χ3n) is 4.06. The summed E-state index contributed by atoms with van der Waals surface area (Å²) < 4.78 is 1.19. The molecule has 4 aromatic rings. The van der Waals surface area contributed by atoms with Gasteiger partial charge in [-0.1, -0.05) is 54.6 Å². The molecule has 0 heterocycles. The molecular formula is C19H13Br. The number of rotatable bonds is 0. The molecule has 96 valence electrons. The minimum absolute atomic E-state index is 1.19. The molecule has 0 radical (unpaired) electrons. The Morgan fingerprint density at radius 1 is 0.650 bits per heavy atom. The molecule has 0 N–H and O–H groups in total. The zero-order chi connectivity index (χ0) is 13.7. The predicted molar refractivity (Wildman–Crippen MR) is 91.4 cm³/mol. The summed E-state index contributed by atoms with van der Waals surface area (Å²) >= 11 is 3.80. The summed E-state index contributed by atoms with van der Waals surface area (Å²) in [5.74, 6) is 0. The van der Waals surface area contributed by atoms with Gasteiger partial charge in [-0.2, -0.15) is 0 Å². The highest BCUT2D eigenvalue weighted by atomic mass is 79.9. The average Bonchev–Trinajstić information content (AvgIpc) is 2.48. The van der Waals surface area contributed by atoms with Crippen LogP contribution in [0.2, 0.25) is 0 Å². The van der Waals surface area contributed by atoms with E-state index in [1.54, 1.807) is 0 Å². The van der Waals surface area contributed by atoms with Gasteiger partial charge in [-0.15, -0.1) is 0 Å². The van der Waals surface area contributed by atoms with Gasteiger partial charge in [-0.05, 0) is 66.8 Å². The molecule has 0 atom stereocenters. The van der Waals surface area contributed by atoms with Crippen LogP contribution >= 0.6 is 15.9 Å². The van der Waals surface area contributed by atoms with Gasteiger partial charge in [0.05, 0.1) is 0 Å². The molecule has 0 saturated carbocycles. The third kappa shape index (κ3) is 1.60. The minimum atomic E-state index is 1.19. The van der Waals surface area contributed by atoms with Crippen molar-refractivity contribution < 1.29 is 0 Å². The Hall–Kier alpha value is -1.86. The van der Waals surface area contributed by atoms with E-state index in [1.165, 1.54) is 42.4 Å². The maximum absolute atomic E-state index is 3.80. The fourth-order valence-corrected chi connectivity index (χ4v) is 3.69. The van der Waals surface area contributed by atoms with Gasteiger partial charge >= 0.3 is 0 Å². The lowest BCUT2D eigenvalue weighted by Gasteiger charge is -2.11. The lowest BCUT2D eigenvalue weighted by molar-refractivity contribution is 1.54. The molecule has 4 aromatic carbocycles. The van der Waals surface area contributed by atoms with Gasteiger partial charge in [-0.3, -0.25) is 0 Å². The quantitative estimate of drug-likeness (QED) is 0.266. The zero-order valence-corrected chi connectivity index (χ0v) is 12.7. The zero-order valence-electron chi connectivity index (χ0n) is 11.2. The summed E-state index contributed by atoms with van der Waals surface area (Å²) in [5, 5.41) is 7.81. The van der Waals surface area contributed by atoms with E-state index in [2.05, 4.69) is 83.5 Å². The monoisotopic (exact) mass is 320 g/mol. The van der Waals surface area contributed by atoms with Crippen LogP contribution in [0.3, 0.4) is 0 Å². The van der Waals surface area contributed by atoms with Gasteiger partial charge in [-0.25, -0.2) is 0 Å². The smallest absolute Gasteiger partial charge is 0.0332 e. The second kappa shape index (κ2) is 4.32. The van der Waals surface area contributed by atoms with Crippen molar-refractivity contribution in [2.24, 2.45) is 0 Å². The SMILES string of the molecule is Cc1cccc2c(Br)c3ccc4ccccc4c3cc12. The topological polar surface area (TPSA) is 0 Å². The second-order valence-corrected chi connectivity index (χ2v) is 6.04. The molecule has 1 heteroatoms. The molecule has 0 saturated heterocycles. The van der Waals surface area contributed by atoms with Gasteiger partial charge in [0.2, 0.25) is 0 Å². The highest BCUT2D eigenvalue weighted by Gasteiger charge is 2.08. The highest BCUT2D eigenvalue weighted by Crippen LogP contribution is 2.37. The number of aryl methyl sites for hydroxylation is 1. The average molecular weight is 321 g/mol. The van der Waals surface area contributed by atoms with E-state index in [0.29, 0.717) is 0 Å². The first kappa shape index (κ1) is 11.9. The second-order valence-electron chi connectivity index (χ2n) is 5.24. The Balaban J connectivity index is 2.33. The molecule has 0 aliphatic rings. The summed E-state index contributed by atoms with van der Waals surface area (Å²) in [5.41, 5.74) is 1.32. The summed E-state index contributed by atoms with van der Waals surface area (Å²) in [6.07, 6.45) is 0. The highest BCUT2D eigenvalue weighted by molar-refractivity contribution is 9.10. The first-order chi connectivity index (χ1) is 9.75. The van der Waals surface area contributed by atoms with Crippen LogP contribution in [0.5, 0.6) is 0 Å². The van der Waals surface area contributed by atoms with Crippen LogP contribution in [0, 0.1) is 6.92 Å². The standard InChI is InChI=1S/C19H13Br/c1-12-5-4-8-15-17(12)11-18-14-7-3-2-6-13(14)9-10-16(18)19(15)20/h2-11H,1H3. The molecule has 0 unspecified atom stereocenters. The van der Waals surface area contributed by atoms with E-state index in [1.807, 2.05) is 0 Å². The van der Waals surface area contributed by atoms with Crippen molar-refractivity contribution in [2.45, 2.75) is 6.92 Å². The molecule has 0 aliphatic carbocycles. The summed E-state index contributed by atoms with van der Waals surface area (Å²) in [4.78, 5) is 0. The lowest BCUT2D eigenvalue weighted by Crippen LogP contribution is -1.84. The summed E-state index contributed by atoms with van der Waals surface area (Å²) in [7, 11) is 0. The minimum Gasteiger partial charge on any atom is -0.0616 e. The summed E-state index contributed by atoms with van der Waals surface area (Å²) in [6, 6.07) is 21.8. The van der Waals surface area contributed by atoms with Crippen LogP contribution in [-0.4, -0.2) is 0 Å². The van der Waals surface area contributed by atoms with Crippen LogP contribution in [0.15, 0.2) is 65.1 Å². The number of fused-ring (bicyclic) bond motifs is 4. The molecule has 0 fully saturated rings. The van der Waals surface area contributed by atoms with Crippen LogP contribution in [0.1, 0.15) is 5.56 Å². The molecular weight excluding hydrogens is 308 g/mol. The molecule has 0 aliphatic heterocycles. The fourth-order valence-electron chi connectivity index (χ4n) is 3.00. The van der Waals surface area contributed by atoms with Gasteiger partial charge in [0, 0.05) is 4.47 Å². The third-order valence-corrected chi connectivity index (χ3v) is 4.91. The van der Waals surface area contributed by atoms with E-state index in [0.717, 1.165) is 0 Å². The first-order valence-corrected chi connectivity index (χ1v) is 7.54. The predicted octanol–water partition coefficient (Wildman–Crippen LogP) is 6.22. The molecule has 20 heavy (non-hydrogen) atoms. The van der Waals surface area contributed by atoms with Crippen molar-refractivity contribution in [3.8, 4) is 0 Å². The Bertz CT molecular complexity index is 967. The number of benzene rings is 4. The Morgan fingerprint density at radius 3 is 2.30 bits per heavy atom. The molecule has 0 bridgehead atoms. The number of halogens is 1. The van der Waals surface area contributed by atoms with Crippen molar-refractivity contribution in [2.75, 3.05) is 0 Å². The number of hydrogen-bond acceptors (Lipinski definition) is 0. The Morgan fingerprint density at radius 2 is 1.40 bits per heavy atom. The van der Waals surface area contributed by atoms with Gasteiger partial charge in [0.25, 0.3) is 0 Å². The van der Waals surface area contributed by atoms with Crippen molar-refractivity contribution in [1.82, 2.24) is 0 Å². The maximum Gasteiger partial charge on any atom is 0.0332 e. The molecule has 0 nitrogen and oxygen atoms in total. The number of hydrogen-bond donors (Lipinski definition) is 0. The Labute approximate surface area is 126 Å². The Kier molecular flexibility index (Phi) is 2.58. The van der Waals surface area contributed by atoms with Crippen molar-refractivity contribution in [3.63, 3.8) is 0 Å². The van der Waals surface area contributed by atoms with Gasteiger partial charge < -0.3 is 0 Å². The molecule has 0 spiro atoms. The van der Waals surface area contributed by atoms with E-state index < -0.39 is 0 Å². The van der Waals surface area contributed by atoms with Crippen molar-refractivity contribution in [3.05, 3.63) is 70.7 Å². The van der Waals surface area contributed by atoms with Gasteiger partial charge in [0.15, 0.2) is 0 Å². The van der Waals surface area contributed by atoms with Crippen molar-refractivity contribution >= 4 is 48.2 Å². The van der Waals surface area contributed by atoms with E-state index >= 15 is 0 Å². The van der Waals surface area contributed by atoms with Crippen LogP contribution in [0.25, 0.3) is 32.3 Å². The van der Waals surface area contributed by atoms with Crippen LogP contribution in [-0.2, 0) is 0 Å². The normalized spacial score (nSPS) is 11.5. The van der Waals surface area contributed by atoms with E-state index in [9.17, 15) is 0 Å². The first-order valence-electron chi connectivity index (χ1n) is 6.75. The van der Waals surface area contributed by atoms with Crippen molar-refractivity contribution in [1.29, 1.82) is 0 Å². The molecule has 0 aromatic heterocycles. The van der Waals surface area contributed by atoms with Crippen LogP contribution in [0.4, 0.5) is 0 Å². The van der Waals surface area contributed by atoms with E-state index in [-0.39, 0.29) is 0 Å². The molecule has 0 amide bonds. The largest absolute Gasteiger partial charge is 0.0616 e. The van der Waals surface area contributed by atoms with E-state index in [4.69, 9.17) is 0 Å². The van der Waals surface area contributed by atoms with Crippen LogP contribution < -0.4 is 0 Å².